The van der Waals surface area contributed by atoms with Crippen LogP contribution in [0, 0.1) is 5.92 Å². The van der Waals surface area contributed by atoms with Crippen LogP contribution in [0.1, 0.15) is 18.9 Å². The zero-order valence-corrected chi connectivity index (χ0v) is 10.3. The van der Waals surface area contributed by atoms with E-state index in [0.717, 1.165) is 5.56 Å². The van der Waals surface area contributed by atoms with Crippen LogP contribution in [0.15, 0.2) is 12.4 Å². The van der Waals surface area contributed by atoms with Crippen molar-refractivity contribution in [3.8, 4) is 0 Å². The van der Waals surface area contributed by atoms with Gasteiger partial charge in [0.1, 0.15) is 0 Å². The molecule has 16 heavy (non-hydrogen) atoms. The quantitative estimate of drug-likeness (QED) is 0.728. The molecular weight excluding hydrogens is 224 g/mol. The van der Waals surface area contributed by atoms with Crippen molar-refractivity contribution in [2.75, 3.05) is 0 Å². The number of thiocarbonyl (C=S) groups is 1. The zero-order valence-electron chi connectivity index (χ0n) is 9.43. The number of carbonyl (C=O) groups is 1. The Morgan fingerprint density at radius 3 is 2.88 bits per heavy atom. The standard InChI is InChI=1S/C10H16N4OS/c1-3-8(9(11)16)10(15)12-4-7-5-13-14(2)6-7/h5-6,8H,3-4H2,1-2H3,(H2,11,16)(H,12,15). The number of nitrogens with one attached hydrogen (secondary N) is 1. The Morgan fingerprint density at radius 2 is 2.44 bits per heavy atom. The lowest BCUT2D eigenvalue weighted by Gasteiger charge is -2.12. The summed E-state index contributed by atoms with van der Waals surface area (Å²) in [6, 6.07) is 0. The summed E-state index contributed by atoms with van der Waals surface area (Å²) in [7, 11) is 1.83. The number of rotatable bonds is 5. The van der Waals surface area contributed by atoms with Crippen molar-refractivity contribution in [2.24, 2.45) is 18.7 Å². The second-order valence-electron chi connectivity index (χ2n) is 3.60. The van der Waals surface area contributed by atoms with Gasteiger partial charge in [0.25, 0.3) is 0 Å². The topological polar surface area (TPSA) is 72.9 Å². The van der Waals surface area contributed by atoms with Gasteiger partial charge in [-0.25, -0.2) is 0 Å². The van der Waals surface area contributed by atoms with E-state index in [1.165, 1.54) is 0 Å². The molecule has 0 spiro atoms. The number of nitrogens with two attached hydrogens (primary N) is 1. The second-order valence-corrected chi connectivity index (χ2v) is 4.07. The van der Waals surface area contributed by atoms with Gasteiger partial charge in [0.15, 0.2) is 0 Å². The summed E-state index contributed by atoms with van der Waals surface area (Å²) in [5.74, 6) is -0.509. The fourth-order valence-corrected chi connectivity index (χ4v) is 1.67. The highest BCUT2D eigenvalue weighted by molar-refractivity contribution is 7.80. The molecule has 3 N–H and O–H groups in total. The largest absolute Gasteiger partial charge is 0.393 e. The summed E-state index contributed by atoms with van der Waals surface area (Å²) >= 11 is 4.83. The highest BCUT2D eigenvalue weighted by Gasteiger charge is 2.18. The number of hydrogen-bond donors (Lipinski definition) is 2. The minimum atomic E-state index is -0.383. The summed E-state index contributed by atoms with van der Waals surface area (Å²) in [5.41, 5.74) is 6.43. The molecule has 1 aromatic rings. The van der Waals surface area contributed by atoms with Crippen LogP contribution in [0.2, 0.25) is 0 Å². The molecule has 1 amide bonds. The third-order valence-corrected chi connectivity index (χ3v) is 2.58. The number of nitrogens with zero attached hydrogens (tertiary/aromatic N) is 2. The maximum absolute atomic E-state index is 11.7. The zero-order chi connectivity index (χ0) is 12.1. The first kappa shape index (κ1) is 12.6. The average Bonchev–Trinajstić information content (AvgIpc) is 2.62. The van der Waals surface area contributed by atoms with Crippen LogP contribution in [0.3, 0.4) is 0 Å². The van der Waals surface area contributed by atoms with Crippen molar-refractivity contribution in [2.45, 2.75) is 19.9 Å². The lowest BCUT2D eigenvalue weighted by atomic mass is 10.1. The van der Waals surface area contributed by atoms with E-state index in [1.54, 1.807) is 10.9 Å². The molecule has 0 aliphatic rings. The van der Waals surface area contributed by atoms with Crippen molar-refractivity contribution in [3.63, 3.8) is 0 Å². The predicted octanol–water partition coefficient (Wildman–Crippen LogP) is 0.349. The maximum Gasteiger partial charge on any atom is 0.230 e. The molecule has 0 aromatic carbocycles. The van der Waals surface area contributed by atoms with Crippen molar-refractivity contribution >= 4 is 23.1 Å². The Hall–Kier alpha value is -1.43. The van der Waals surface area contributed by atoms with E-state index in [2.05, 4.69) is 10.4 Å². The van der Waals surface area contributed by atoms with Crippen LogP contribution < -0.4 is 11.1 Å². The van der Waals surface area contributed by atoms with Crippen LogP contribution in [-0.4, -0.2) is 20.7 Å². The lowest BCUT2D eigenvalue weighted by molar-refractivity contribution is -0.123. The van der Waals surface area contributed by atoms with Gasteiger partial charge in [-0.15, -0.1) is 0 Å². The fourth-order valence-electron chi connectivity index (χ4n) is 1.39. The number of aromatic nitrogens is 2. The minimum absolute atomic E-state index is 0.126. The molecule has 1 atom stereocenters. The molecule has 0 fully saturated rings. The molecular formula is C10H16N4OS. The number of amides is 1. The molecule has 0 radical (unpaired) electrons. The van der Waals surface area contributed by atoms with Gasteiger partial charge in [-0.2, -0.15) is 5.10 Å². The van der Waals surface area contributed by atoms with E-state index in [0.29, 0.717) is 13.0 Å². The van der Waals surface area contributed by atoms with E-state index < -0.39 is 0 Å². The summed E-state index contributed by atoms with van der Waals surface area (Å²) in [6.07, 6.45) is 4.18. The van der Waals surface area contributed by atoms with Gasteiger partial charge in [-0.05, 0) is 6.42 Å². The van der Waals surface area contributed by atoms with Crippen molar-refractivity contribution in [1.82, 2.24) is 15.1 Å². The average molecular weight is 240 g/mol. The minimum Gasteiger partial charge on any atom is -0.393 e. The number of aryl methyl sites for hydroxylation is 1. The highest BCUT2D eigenvalue weighted by Crippen LogP contribution is 2.04. The van der Waals surface area contributed by atoms with Gasteiger partial charge in [-0.1, -0.05) is 19.1 Å². The van der Waals surface area contributed by atoms with E-state index in [4.69, 9.17) is 18.0 Å². The molecule has 1 heterocycles. The van der Waals surface area contributed by atoms with Crippen molar-refractivity contribution in [1.29, 1.82) is 0 Å². The first-order valence-corrected chi connectivity index (χ1v) is 5.50. The maximum atomic E-state index is 11.7. The van der Waals surface area contributed by atoms with E-state index in [9.17, 15) is 4.79 Å². The van der Waals surface area contributed by atoms with Gasteiger partial charge in [0.05, 0.1) is 17.1 Å². The molecule has 5 nitrogen and oxygen atoms in total. The summed E-state index contributed by atoms with van der Waals surface area (Å²) in [4.78, 5) is 11.9. The molecule has 0 saturated heterocycles. The SMILES string of the molecule is CCC(C(=O)NCc1cnn(C)c1)C(N)=S. The Labute approximate surface area is 100 Å². The third kappa shape index (κ3) is 3.30. The predicted molar refractivity (Wildman–Crippen MR) is 65.6 cm³/mol. The Balaban J connectivity index is 2.49. The summed E-state index contributed by atoms with van der Waals surface area (Å²) in [5, 5.41) is 6.79. The molecule has 0 bridgehead atoms. The summed E-state index contributed by atoms with van der Waals surface area (Å²) in [6.45, 7) is 2.33. The number of carbonyl (C=O) groups excluding carboxylic acids is 1. The molecule has 1 rings (SSSR count). The van der Waals surface area contributed by atoms with Crippen LogP contribution in [0.25, 0.3) is 0 Å². The molecule has 88 valence electrons. The van der Waals surface area contributed by atoms with Crippen LogP contribution in [-0.2, 0) is 18.4 Å². The van der Waals surface area contributed by atoms with Gasteiger partial charge >= 0.3 is 0 Å². The van der Waals surface area contributed by atoms with Gasteiger partial charge < -0.3 is 11.1 Å². The first-order chi connectivity index (χ1) is 7.54. The molecule has 1 unspecified atom stereocenters. The van der Waals surface area contributed by atoms with E-state index in [-0.39, 0.29) is 16.8 Å². The highest BCUT2D eigenvalue weighted by atomic mass is 32.1. The smallest absolute Gasteiger partial charge is 0.230 e. The third-order valence-electron chi connectivity index (χ3n) is 2.29. The van der Waals surface area contributed by atoms with Crippen molar-refractivity contribution < 1.29 is 4.79 Å². The second kappa shape index (κ2) is 5.60. The summed E-state index contributed by atoms with van der Waals surface area (Å²) < 4.78 is 1.69. The van der Waals surface area contributed by atoms with Crippen LogP contribution in [0.5, 0.6) is 0 Å². The molecule has 0 saturated carbocycles. The van der Waals surface area contributed by atoms with Gasteiger partial charge in [0, 0.05) is 25.4 Å². The normalized spacial score (nSPS) is 12.1. The van der Waals surface area contributed by atoms with Crippen LogP contribution >= 0.6 is 12.2 Å². The first-order valence-electron chi connectivity index (χ1n) is 5.09. The Kier molecular flexibility index (Phi) is 4.42. The number of hydrogen-bond acceptors (Lipinski definition) is 3. The van der Waals surface area contributed by atoms with E-state index >= 15 is 0 Å². The van der Waals surface area contributed by atoms with Gasteiger partial charge in [0.2, 0.25) is 5.91 Å². The van der Waals surface area contributed by atoms with Gasteiger partial charge in [-0.3, -0.25) is 9.48 Å². The van der Waals surface area contributed by atoms with E-state index in [1.807, 2.05) is 20.2 Å². The molecule has 1 aromatic heterocycles. The fraction of sp³-hybridized carbons (Fsp3) is 0.500. The molecule has 6 heteroatoms. The van der Waals surface area contributed by atoms with Crippen LogP contribution in [0.4, 0.5) is 0 Å². The monoisotopic (exact) mass is 240 g/mol. The molecule has 0 aliphatic carbocycles. The molecule has 0 aliphatic heterocycles. The van der Waals surface area contributed by atoms with Crippen molar-refractivity contribution in [3.05, 3.63) is 18.0 Å². The Bertz CT molecular complexity index is 388. The lowest BCUT2D eigenvalue weighted by Crippen LogP contribution is -2.37. The Morgan fingerprint density at radius 1 is 1.75 bits per heavy atom.